The van der Waals surface area contributed by atoms with Crippen LogP contribution in [0.3, 0.4) is 0 Å². The van der Waals surface area contributed by atoms with Crippen molar-refractivity contribution in [3.8, 4) is 5.75 Å². The summed E-state index contributed by atoms with van der Waals surface area (Å²) >= 11 is 1.96. The van der Waals surface area contributed by atoms with Gasteiger partial charge in [-0.05, 0) is 62.4 Å². The average Bonchev–Trinajstić information content (AvgIpc) is 3.33. The predicted molar refractivity (Wildman–Crippen MR) is 117 cm³/mol. The fourth-order valence-electron chi connectivity index (χ4n) is 4.65. The van der Waals surface area contributed by atoms with Gasteiger partial charge in [-0.1, -0.05) is 0 Å². The molecule has 0 spiro atoms. The zero-order chi connectivity index (χ0) is 20.2. The van der Waals surface area contributed by atoms with Crippen LogP contribution in [-0.4, -0.2) is 79.0 Å². The average molecular weight is 418 g/mol. The molecular weight excluding hydrogens is 386 g/mol. The van der Waals surface area contributed by atoms with Crippen LogP contribution in [0.2, 0.25) is 0 Å². The van der Waals surface area contributed by atoms with Crippen molar-refractivity contribution in [2.24, 2.45) is 5.92 Å². The fourth-order valence-corrected chi connectivity index (χ4v) is 5.71. The van der Waals surface area contributed by atoms with Crippen molar-refractivity contribution in [2.75, 3.05) is 56.2 Å². The maximum absolute atomic E-state index is 13.5. The highest BCUT2D eigenvalue weighted by Crippen LogP contribution is 2.29. The molecule has 2 atom stereocenters. The summed E-state index contributed by atoms with van der Waals surface area (Å²) in [4.78, 5) is 32.5. The number of thioether (sulfide) groups is 1. The van der Waals surface area contributed by atoms with Gasteiger partial charge in [0.2, 0.25) is 11.8 Å². The monoisotopic (exact) mass is 417 g/mol. The molecule has 2 amide bonds. The number of hydrogen-bond donors (Lipinski definition) is 0. The zero-order valence-corrected chi connectivity index (χ0v) is 18.0. The van der Waals surface area contributed by atoms with E-state index in [2.05, 4.69) is 9.80 Å². The first-order valence-corrected chi connectivity index (χ1v) is 11.9. The molecular formula is C22H31N3O3S. The second-order valence-corrected chi connectivity index (χ2v) is 9.37. The summed E-state index contributed by atoms with van der Waals surface area (Å²) in [7, 11) is 1.63. The smallest absolute Gasteiger partial charge is 0.228 e. The summed E-state index contributed by atoms with van der Waals surface area (Å²) in [5.41, 5.74) is 0.839. The van der Waals surface area contributed by atoms with Crippen LogP contribution in [0.4, 0.5) is 5.69 Å². The van der Waals surface area contributed by atoms with Crippen molar-refractivity contribution in [3.05, 3.63) is 24.3 Å². The van der Waals surface area contributed by atoms with E-state index >= 15 is 0 Å². The van der Waals surface area contributed by atoms with Crippen molar-refractivity contribution in [1.29, 1.82) is 0 Å². The molecule has 158 valence electrons. The minimum Gasteiger partial charge on any atom is -0.497 e. The number of likely N-dealkylation sites (tertiary alicyclic amines) is 1. The van der Waals surface area contributed by atoms with Gasteiger partial charge in [0.15, 0.2) is 0 Å². The lowest BCUT2D eigenvalue weighted by Gasteiger charge is -2.34. The predicted octanol–water partition coefficient (Wildman–Crippen LogP) is 2.48. The molecule has 3 fully saturated rings. The molecule has 29 heavy (non-hydrogen) atoms. The van der Waals surface area contributed by atoms with E-state index in [-0.39, 0.29) is 23.8 Å². The van der Waals surface area contributed by atoms with Crippen LogP contribution in [0.25, 0.3) is 0 Å². The molecule has 2 unspecified atom stereocenters. The van der Waals surface area contributed by atoms with Crippen LogP contribution >= 0.6 is 11.8 Å². The lowest BCUT2D eigenvalue weighted by molar-refractivity contribution is -0.138. The molecule has 3 saturated heterocycles. The molecule has 3 heterocycles. The fraction of sp³-hybridized carbons (Fsp3) is 0.636. The summed E-state index contributed by atoms with van der Waals surface area (Å²) in [6.07, 6.45) is 3.88. The van der Waals surface area contributed by atoms with Crippen LogP contribution in [-0.2, 0) is 9.59 Å². The van der Waals surface area contributed by atoms with Crippen molar-refractivity contribution in [3.63, 3.8) is 0 Å². The summed E-state index contributed by atoms with van der Waals surface area (Å²) in [6, 6.07) is 7.76. The number of amides is 2. The maximum Gasteiger partial charge on any atom is 0.228 e. The zero-order valence-electron chi connectivity index (χ0n) is 17.2. The summed E-state index contributed by atoms with van der Waals surface area (Å²) in [5.74, 6) is 2.84. The van der Waals surface area contributed by atoms with E-state index in [0.29, 0.717) is 13.0 Å². The van der Waals surface area contributed by atoms with Gasteiger partial charge in [0.1, 0.15) is 5.75 Å². The summed E-state index contributed by atoms with van der Waals surface area (Å²) in [5, 5.41) is 0. The molecule has 1 aromatic carbocycles. The molecule has 0 aromatic heterocycles. The minimum absolute atomic E-state index is 0.0359. The molecule has 0 aliphatic carbocycles. The molecule has 0 N–H and O–H groups in total. The number of benzene rings is 1. The first kappa shape index (κ1) is 20.5. The molecule has 0 radical (unpaired) electrons. The second-order valence-electron chi connectivity index (χ2n) is 8.23. The first-order chi connectivity index (χ1) is 14.2. The Kier molecular flexibility index (Phi) is 6.65. The van der Waals surface area contributed by atoms with Gasteiger partial charge >= 0.3 is 0 Å². The van der Waals surface area contributed by atoms with Gasteiger partial charge < -0.3 is 19.4 Å². The highest BCUT2D eigenvalue weighted by molar-refractivity contribution is 7.99. The highest BCUT2D eigenvalue weighted by Gasteiger charge is 2.39. The minimum atomic E-state index is -0.242. The van der Waals surface area contributed by atoms with Crippen LogP contribution in [0.1, 0.15) is 25.7 Å². The molecule has 3 aliphatic heterocycles. The van der Waals surface area contributed by atoms with E-state index in [1.807, 2.05) is 36.0 Å². The number of nitrogens with zero attached hydrogens (tertiary/aromatic N) is 3. The van der Waals surface area contributed by atoms with Gasteiger partial charge in [-0.15, -0.1) is 0 Å². The third-order valence-corrected chi connectivity index (χ3v) is 7.45. The van der Waals surface area contributed by atoms with Crippen LogP contribution < -0.4 is 9.64 Å². The Bertz CT molecular complexity index is 721. The number of hydrogen-bond acceptors (Lipinski definition) is 5. The second kappa shape index (κ2) is 9.39. The Morgan fingerprint density at radius 1 is 1.14 bits per heavy atom. The van der Waals surface area contributed by atoms with Crippen LogP contribution in [0.5, 0.6) is 5.75 Å². The number of carbonyl (C=O) groups is 2. The van der Waals surface area contributed by atoms with Crippen molar-refractivity contribution >= 4 is 29.3 Å². The normalized spacial score (nSPS) is 26.0. The SMILES string of the molecule is COc1ccc(N2CC(C(=O)N3CCCSCC3CN3CCCC3)CC2=O)cc1. The third-order valence-electron chi connectivity index (χ3n) is 6.25. The van der Waals surface area contributed by atoms with E-state index in [9.17, 15) is 9.59 Å². The number of carbonyl (C=O) groups excluding carboxylic acids is 2. The molecule has 1 aromatic rings. The largest absolute Gasteiger partial charge is 0.497 e. The standard InChI is InChI=1S/C22H31N3O3S/c1-28-20-7-5-18(6-8-20)25-14-17(13-21(25)26)22(27)24-11-4-12-29-16-19(24)15-23-9-2-3-10-23/h5-8,17,19H,2-4,9-16H2,1H3. The van der Waals surface area contributed by atoms with Gasteiger partial charge in [0, 0.05) is 37.5 Å². The summed E-state index contributed by atoms with van der Waals surface area (Å²) in [6.45, 7) is 4.57. The van der Waals surface area contributed by atoms with Gasteiger partial charge in [0.05, 0.1) is 19.1 Å². The quantitative estimate of drug-likeness (QED) is 0.737. The lowest BCUT2D eigenvalue weighted by Crippen LogP contribution is -2.50. The Hall–Kier alpha value is -1.73. The van der Waals surface area contributed by atoms with Crippen molar-refractivity contribution in [1.82, 2.24) is 9.80 Å². The third kappa shape index (κ3) is 4.72. The number of ether oxygens (including phenoxy) is 1. The number of methoxy groups -OCH3 is 1. The van der Waals surface area contributed by atoms with Gasteiger partial charge in [-0.3, -0.25) is 9.59 Å². The number of rotatable bonds is 5. The molecule has 7 heteroatoms. The van der Waals surface area contributed by atoms with Crippen molar-refractivity contribution in [2.45, 2.75) is 31.7 Å². The molecule has 0 saturated carbocycles. The van der Waals surface area contributed by atoms with E-state index < -0.39 is 0 Å². The van der Waals surface area contributed by atoms with E-state index in [0.717, 1.165) is 55.5 Å². The van der Waals surface area contributed by atoms with Gasteiger partial charge in [-0.2, -0.15) is 11.8 Å². The maximum atomic E-state index is 13.5. The van der Waals surface area contributed by atoms with Gasteiger partial charge in [0.25, 0.3) is 0 Å². The Morgan fingerprint density at radius 3 is 2.62 bits per heavy atom. The molecule has 3 aliphatic rings. The Labute approximate surface area is 177 Å². The Balaban J connectivity index is 1.44. The van der Waals surface area contributed by atoms with Gasteiger partial charge in [-0.25, -0.2) is 0 Å². The Morgan fingerprint density at radius 2 is 1.90 bits per heavy atom. The van der Waals surface area contributed by atoms with E-state index in [1.165, 1.54) is 12.8 Å². The summed E-state index contributed by atoms with van der Waals surface area (Å²) < 4.78 is 5.21. The van der Waals surface area contributed by atoms with Crippen molar-refractivity contribution < 1.29 is 14.3 Å². The molecule has 0 bridgehead atoms. The molecule has 6 nitrogen and oxygen atoms in total. The van der Waals surface area contributed by atoms with E-state index in [4.69, 9.17) is 4.74 Å². The lowest BCUT2D eigenvalue weighted by atomic mass is 10.1. The molecule has 4 rings (SSSR count). The van der Waals surface area contributed by atoms with E-state index in [1.54, 1.807) is 12.0 Å². The topological polar surface area (TPSA) is 53.1 Å². The van der Waals surface area contributed by atoms with Crippen LogP contribution in [0, 0.1) is 5.92 Å². The first-order valence-electron chi connectivity index (χ1n) is 10.7. The highest BCUT2D eigenvalue weighted by atomic mass is 32.2. The number of anilines is 1. The van der Waals surface area contributed by atoms with Crippen LogP contribution in [0.15, 0.2) is 24.3 Å².